The highest BCUT2D eigenvalue weighted by Crippen LogP contribution is 2.31. The normalized spacial score (nSPS) is 14.4. The van der Waals surface area contributed by atoms with E-state index in [1.54, 1.807) is 37.4 Å². The van der Waals surface area contributed by atoms with Gasteiger partial charge in [-0.3, -0.25) is 9.36 Å². The van der Waals surface area contributed by atoms with Crippen molar-refractivity contribution < 1.29 is 9.50 Å². The van der Waals surface area contributed by atoms with E-state index in [2.05, 4.69) is 0 Å². The molecule has 3 aromatic rings. The molecule has 0 bridgehead atoms. The number of aliphatic hydroxyl groups excluding tert-OH is 1. The number of piperidine rings is 1. The van der Waals surface area contributed by atoms with Crippen molar-refractivity contribution >= 4 is 5.95 Å². The monoisotopic (exact) mass is 433 g/mol. The highest BCUT2D eigenvalue weighted by molar-refractivity contribution is 5.81. The van der Waals surface area contributed by atoms with E-state index in [1.165, 1.54) is 16.7 Å². The van der Waals surface area contributed by atoms with Crippen LogP contribution in [0.2, 0.25) is 0 Å². The lowest BCUT2D eigenvalue weighted by Crippen LogP contribution is -2.42. The Morgan fingerprint density at radius 3 is 2.44 bits per heavy atom. The molecule has 2 aromatic carbocycles. The van der Waals surface area contributed by atoms with Gasteiger partial charge in [0.1, 0.15) is 11.9 Å². The maximum atomic E-state index is 14.5. The first-order valence-electron chi connectivity index (χ1n) is 10.4. The van der Waals surface area contributed by atoms with Crippen molar-refractivity contribution in [1.82, 2.24) is 9.55 Å². The Hall–Kier alpha value is -3.54. The molecule has 7 nitrogen and oxygen atoms in total. The van der Waals surface area contributed by atoms with Crippen LogP contribution in [0.1, 0.15) is 24.0 Å². The van der Waals surface area contributed by atoms with Crippen molar-refractivity contribution in [3.05, 3.63) is 69.8 Å². The molecule has 1 aromatic heterocycles. The van der Waals surface area contributed by atoms with E-state index in [0.29, 0.717) is 47.0 Å². The van der Waals surface area contributed by atoms with Gasteiger partial charge < -0.3 is 15.7 Å². The van der Waals surface area contributed by atoms with Gasteiger partial charge in [0.2, 0.25) is 5.95 Å². The molecule has 0 amide bonds. The van der Waals surface area contributed by atoms with Gasteiger partial charge in [0, 0.05) is 31.7 Å². The summed E-state index contributed by atoms with van der Waals surface area (Å²) < 4.78 is 16.0. The minimum absolute atomic E-state index is 0.0725. The van der Waals surface area contributed by atoms with Crippen LogP contribution in [0.4, 0.5) is 10.3 Å². The van der Waals surface area contributed by atoms with E-state index in [1.807, 2.05) is 11.0 Å². The lowest BCUT2D eigenvalue weighted by atomic mass is 9.98. The summed E-state index contributed by atoms with van der Waals surface area (Å²) in [6, 6.07) is 13.1. The van der Waals surface area contributed by atoms with Gasteiger partial charge in [-0.15, -0.1) is 0 Å². The predicted octanol–water partition coefficient (Wildman–Crippen LogP) is 2.54. The lowest BCUT2D eigenvalue weighted by Gasteiger charge is -2.32. The number of nitriles is 1. The Bertz CT molecular complexity index is 1240. The Morgan fingerprint density at radius 1 is 1.19 bits per heavy atom. The SMILES string of the molecule is Cn1c(N2CCC(N)CC2)nc(-c2ccc(C#N)c(F)c2)c(-c2ccc(CO)cc2)c1=O. The molecule has 4 rings (SSSR count). The van der Waals surface area contributed by atoms with Crippen molar-refractivity contribution in [1.29, 1.82) is 5.26 Å². The molecule has 0 saturated carbocycles. The zero-order valence-electron chi connectivity index (χ0n) is 17.8. The van der Waals surface area contributed by atoms with Crippen LogP contribution in [0.3, 0.4) is 0 Å². The van der Waals surface area contributed by atoms with Gasteiger partial charge in [-0.05, 0) is 36.1 Å². The third kappa shape index (κ3) is 4.00. The minimum atomic E-state index is -0.667. The second kappa shape index (κ2) is 8.91. The number of hydrogen-bond donors (Lipinski definition) is 2. The third-order valence-electron chi connectivity index (χ3n) is 5.88. The Labute approximate surface area is 185 Å². The number of hydrogen-bond acceptors (Lipinski definition) is 6. The number of nitrogens with two attached hydrogens (primary N) is 1. The zero-order valence-corrected chi connectivity index (χ0v) is 17.8. The molecule has 1 aliphatic rings. The fourth-order valence-electron chi connectivity index (χ4n) is 3.97. The van der Waals surface area contributed by atoms with Crippen molar-refractivity contribution in [3.8, 4) is 28.5 Å². The number of aliphatic hydroxyl groups is 1. The average molecular weight is 433 g/mol. The molecular weight excluding hydrogens is 409 g/mol. The van der Waals surface area contributed by atoms with Gasteiger partial charge in [0.25, 0.3) is 5.56 Å². The maximum Gasteiger partial charge on any atom is 0.263 e. The Morgan fingerprint density at radius 2 is 1.84 bits per heavy atom. The van der Waals surface area contributed by atoms with E-state index in [0.717, 1.165) is 12.8 Å². The summed E-state index contributed by atoms with van der Waals surface area (Å²) >= 11 is 0. The number of anilines is 1. The van der Waals surface area contributed by atoms with Crippen LogP contribution < -0.4 is 16.2 Å². The topological polar surface area (TPSA) is 108 Å². The summed E-state index contributed by atoms with van der Waals surface area (Å²) in [6.45, 7) is 1.24. The number of benzene rings is 2. The zero-order chi connectivity index (χ0) is 22.8. The minimum Gasteiger partial charge on any atom is -0.392 e. The van der Waals surface area contributed by atoms with Crippen LogP contribution in [-0.2, 0) is 13.7 Å². The van der Waals surface area contributed by atoms with E-state index in [9.17, 15) is 14.3 Å². The van der Waals surface area contributed by atoms with Crippen molar-refractivity contribution in [3.63, 3.8) is 0 Å². The van der Waals surface area contributed by atoms with Gasteiger partial charge in [-0.2, -0.15) is 5.26 Å². The average Bonchev–Trinajstić information content (AvgIpc) is 2.81. The second-order valence-electron chi connectivity index (χ2n) is 7.99. The molecule has 164 valence electrons. The quantitative estimate of drug-likeness (QED) is 0.655. The van der Waals surface area contributed by atoms with Gasteiger partial charge in [0.15, 0.2) is 0 Å². The number of nitrogens with zero attached hydrogens (tertiary/aromatic N) is 4. The van der Waals surface area contributed by atoms with Crippen LogP contribution in [0, 0.1) is 17.1 Å². The third-order valence-corrected chi connectivity index (χ3v) is 5.88. The first-order valence-corrected chi connectivity index (χ1v) is 10.4. The van der Waals surface area contributed by atoms with Crippen LogP contribution in [0.5, 0.6) is 0 Å². The van der Waals surface area contributed by atoms with Crippen LogP contribution in [-0.4, -0.2) is 33.8 Å². The molecule has 0 aliphatic carbocycles. The standard InChI is InChI=1S/C24H24FN5O2/c1-29-23(32)21(16-4-2-15(14-31)3-5-16)22(17-6-7-18(13-26)20(25)12-17)28-24(29)30-10-8-19(27)9-11-30/h2-7,12,19,31H,8-11,14,27H2,1H3. The van der Waals surface area contributed by atoms with Crippen LogP contribution in [0.25, 0.3) is 22.4 Å². The fourth-order valence-corrected chi connectivity index (χ4v) is 3.97. The van der Waals surface area contributed by atoms with E-state index in [-0.39, 0.29) is 23.8 Å². The summed E-state index contributed by atoms with van der Waals surface area (Å²) in [7, 11) is 1.67. The van der Waals surface area contributed by atoms with Gasteiger partial charge in [-0.25, -0.2) is 9.37 Å². The van der Waals surface area contributed by atoms with Crippen molar-refractivity contribution in [2.24, 2.45) is 12.8 Å². The molecule has 32 heavy (non-hydrogen) atoms. The molecule has 3 N–H and O–H groups in total. The molecule has 8 heteroatoms. The van der Waals surface area contributed by atoms with Gasteiger partial charge >= 0.3 is 0 Å². The largest absolute Gasteiger partial charge is 0.392 e. The van der Waals surface area contributed by atoms with Gasteiger partial charge in [0.05, 0.1) is 23.4 Å². The van der Waals surface area contributed by atoms with E-state index in [4.69, 9.17) is 16.0 Å². The smallest absolute Gasteiger partial charge is 0.263 e. The highest BCUT2D eigenvalue weighted by atomic mass is 19.1. The predicted molar refractivity (Wildman–Crippen MR) is 120 cm³/mol. The maximum absolute atomic E-state index is 14.5. The Balaban J connectivity index is 1.93. The molecule has 0 spiro atoms. The summed E-state index contributed by atoms with van der Waals surface area (Å²) in [6.07, 6.45) is 1.59. The van der Waals surface area contributed by atoms with Gasteiger partial charge in [-0.1, -0.05) is 30.3 Å². The lowest BCUT2D eigenvalue weighted by molar-refractivity contribution is 0.282. The van der Waals surface area contributed by atoms with E-state index < -0.39 is 5.82 Å². The number of aromatic nitrogens is 2. The Kier molecular flexibility index (Phi) is 6.04. The molecular formula is C24H24FN5O2. The number of rotatable bonds is 4. The molecule has 0 atom stereocenters. The highest BCUT2D eigenvalue weighted by Gasteiger charge is 2.24. The molecule has 0 radical (unpaired) electrons. The summed E-state index contributed by atoms with van der Waals surface area (Å²) in [4.78, 5) is 20.4. The second-order valence-corrected chi connectivity index (χ2v) is 7.99. The van der Waals surface area contributed by atoms with E-state index >= 15 is 0 Å². The fraction of sp³-hybridized carbons (Fsp3) is 0.292. The first-order chi connectivity index (χ1) is 15.4. The summed E-state index contributed by atoms with van der Waals surface area (Å²) in [5, 5.41) is 18.4. The molecule has 1 saturated heterocycles. The molecule has 2 heterocycles. The molecule has 1 fully saturated rings. The van der Waals surface area contributed by atoms with Crippen LogP contribution in [0.15, 0.2) is 47.3 Å². The van der Waals surface area contributed by atoms with Crippen molar-refractivity contribution in [2.45, 2.75) is 25.5 Å². The molecule has 0 unspecified atom stereocenters. The summed E-state index contributed by atoms with van der Waals surface area (Å²) in [5.41, 5.74) is 8.11. The molecule has 1 aliphatic heterocycles. The van der Waals surface area contributed by atoms with Crippen molar-refractivity contribution in [2.75, 3.05) is 18.0 Å². The first kappa shape index (κ1) is 21.7. The van der Waals surface area contributed by atoms with Crippen LogP contribution >= 0.6 is 0 Å². The summed E-state index contributed by atoms with van der Waals surface area (Å²) in [5.74, 6) is -0.169. The number of halogens is 1.